The highest BCUT2D eigenvalue weighted by Crippen LogP contribution is 2.24. The van der Waals surface area contributed by atoms with Crippen molar-refractivity contribution in [1.29, 1.82) is 0 Å². The van der Waals surface area contributed by atoms with Crippen LogP contribution in [0.15, 0.2) is 0 Å². The summed E-state index contributed by atoms with van der Waals surface area (Å²) in [5, 5.41) is 0. The summed E-state index contributed by atoms with van der Waals surface area (Å²) in [4.78, 5) is 24.3. The van der Waals surface area contributed by atoms with Crippen molar-refractivity contribution in [1.82, 2.24) is 4.90 Å². The van der Waals surface area contributed by atoms with E-state index in [1.165, 1.54) is 0 Å². The molecule has 0 aliphatic heterocycles. The molecule has 0 aromatic carbocycles. The second kappa shape index (κ2) is 3.32. The predicted molar refractivity (Wildman–Crippen MR) is 33.1 cm³/mol. The van der Waals surface area contributed by atoms with E-state index in [0.717, 1.165) is 24.2 Å². The first kappa shape index (κ1) is 7.97. The molecule has 0 radical (unpaired) electrons. The lowest BCUT2D eigenvalue weighted by molar-refractivity contribution is -0.127. The van der Waals surface area contributed by atoms with E-state index >= 15 is 0 Å². The average Bonchev–Trinajstić information content (AvgIpc) is 1.94. The van der Waals surface area contributed by atoms with Gasteiger partial charge >= 0.3 is 6.09 Å². The van der Waals surface area contributed by atoms with Gasteiger partial charge in [-0.1, -0.05) is 0 Å². The Morgan fingerprint density at radius 1 is 1.64 bits per heavy atom. The summed E-state index contributed by atoms with van der Waals surface area (Å²) in [7, 11) is 0. The van der Waals surface area contributed by atoms with E-state index in [9.17, 15) is 14.1 Å². The Bertz CT molecular complexity index is 169. The van der Waals surface area contributed by atoms with E-state index in [2.05, 4.69) is 4.94 Å². The van der Waals surface area contributed by atoms with Crippen LogP contribution in [0.5, 0.6) is 0 Å². The van der Waals surface area contributed by atoms with Crippen molar-refractivity contribution < 1.29 is 19.1 Å². The monoisotopic (exact) mass is 161 g/mol. The highest BCUT2D eigenvalue weighted by molar-refractivity contribution is 5.80. The Morgan fingerprint density at radius 2 is 2.27 bits per heavy atom. The quantitative estimate of drug-likeness (QED) is 0.568. The predicted octanol–water partition coefficient (Wildman–Crippen LogP) is 1.02. The van der Waals surface area contributed by atoms with E-state index in [0.29, 0.717) is 6.41 Å². The largest absolute Gasteiger partial charge is 0.453 e. The van der Waals surface area contributed by atoms with Gasteiger partial charge in [-0.05, 0) is 19.3 Å². The molecule has 62 valence electrons. The second-order valence-electron chi connectivity index (χ2n) is 2.44. The molecular formula is C6H8FNO3. The molecule has 0 bridgehead atoms. The molecule has 0 aromatic heterocycles. The Kier molecular flexibility index (Phi) is 2.40. The fourth-order valence-corrected chi connectivity index (χ4v) is 0.983. The number of hydrogen-bond acceptors (Lipinski definition) is 3. The molecule has 4 nitrogen and oxygen atoms in total. The smallest absolute Gasteiger partial charge is 0.278 e. The van der Waals surface area contributed by atoms with Gasteiger partial charge in [-0.25, -0.2) is 14.6 Å². The van der Waals surface area contributed by atoms with Crippen molar-refractivity contribution in [2.75, 3.05) is 0 Å². The maximum atomic E-state index is 11.3. The molecule has 0 aromatic rings. The Labute approximate surface area is 62.8 Å². The van der Waals surface area contributed by atoms with Gasteiger partial charge in [-0.15, -0.1) is 0 Å². The first-order valence-electron chi connectivity index (χ1n) is 3.35. The highest BCUT2D eigenvalue weighted by Gasteiger charge is 2.29. The fraction of sp³-hybridized carbons (Fsp3) is 0.667. The SMILES string of the molecule is O=CN(C(=O)OF)C1CCC1. The normalized spacial score (nSPS) is 16.8. The lowest BCUT2D eigenvalue weighted by Gasteiger charge is -2.31. The van der Waals surface area contributed by atoms with Crippen molar-refractivity contribution in [2.45, 2.75) is 25.3 Å². The molecule has 0 heterocycles. The van der Waals surface area contributed by atoms with E-state index in [-0.39, 0.29) is 6.04 Å². The van der Waals surface area contributed by atoms with Gasteiger partial charge in [0, 0.05) is 10.6 Å². The van der Waals surface area contributed by atoms with Crippen LogP contribution in [0.1, 0.15) is 19.3 Å². The van der Waals surface area contributed by atoms with Gasteiger partial charge in [0.15, 0.2) is 0 Å². The van der Waals surface area contributed by atoms with E-state index in [4.69, 9.17) is 0 Å². The van der Waals surface area contributed by atoms with Crippen molar-refractivity contribution in [3.63, 3.8) is 0 Å². The molecule has 1 fully saturated rings. The molecule has 0 N–H and O–H groups in total. The Morgan fingerprint density at radius 3 is 2.55 bits per heavy atom. The van der Waals surface area contributed by atoms with E-state index in [1.807, 2.05) is 0 Å². The number of halogens is 1. The molecular weight excluding hydrogens is 153 g/mol. The molecule has 11 heavy (non-hydrogen) atoms. The van der Waals surface area contributed by atoms with Gasteiger partial charge in [0.1, 0.15) is 0 Å². The summed E-state index contributed by atoms with van der Waals surface area (Å²) < 4.78 is 11.3. The van der Waals surface area contributed by atoms with Gasteiger partial charge in [0.2, 0.25) is 6.41 Å². The Balaban J connectivity index is 2.47. The molecule has 1 rings (SSSR count). The van der Waals surface area contributed by atoms with Crippen LogP contribution < -0.4 is 0 Å². The van der Waals surface area contributed by atoms with Crippen LogP contribution in [0.2, 0.25) is 0 Å². The molecule has 1 aliphatic carbocycles. The minimum atomic E-state index is -1.22. The first-order valence-corrected chi connectivity index (χ1v) is 3.35. The third-order valence-electron chi connectivity index (χ3n) is 1.86. The molecule has 5 heteroatoms. The lowest BCUT2D eigenvalue weighted by atomic mass is 9.92. The molecule has 1 aliphatic rings. The molecule has 2 amide bonds. The van der Waals surface area contributed by atoms with Gasteiger partial charge in [-0.2, -0.15) is 0 Å². The van der Waals surface area contributed by atoms with Gasteiger partial charge in [0.25, 0.3) is 0 Å². The number of nitrogens with zero attached hydrogens (tertiary/aromatic N) is 1. The molecule has 0 spiro atoms. The van der Waals surface area contributed by atoms with E-state index in [1.54, 1.807) is 0 Å². The highest BCUT2D eigenvalue weighted by atomic mass is 19.3. The van der Waals surface area contributed by atoms with Crippen molar-refractivity contribution >= 4 is 12.5 Å². The lowest BCUT2D eigenvalue weighted by Crippen LogP contribution is -2.42. The zero-order valence-corrected chi connectivity index (χ0v) is 5.83. The molecule has 0 unspecified atom stereocenters. The van der Waals surface area contributed by atoms with Crippen LogP contribution in [0.25, 0.3) is 0 Å². The number of carbonyl (C=O) groups excluding carboxylic acids is 2. The van der Waals surface area contributed by atoms with Gasteiger partial charge < -0.3 is 0 Å². The van der Waals surface area contributed by atoms with Crippen LogP contribution in [0.3, 0.4) is 0 Å². The zero-order chi connectivity index (χ0) is 8.27. The third kappa shape index (κ3) is 1.47. The number of hydrogen-bond donors (Lipinski definition) is 0. The van der Waals surface area contributed by atoms with Crippen molar-refractivity contribution in [3.05, 3.63) is 0 Å². The number of rotatable bonds is 2. The second-order valence-corrected chi connectivity index (χ2v) is 2.44. The van der Waals surface area contributed by atoms with Gasteiger partial charge in [0.05, 0.1) is 0 Å². The summed E-state index contributed by atoms with van der Waals surface area (Å²) in [6, 6.07) is -0.157. The van der Waals surface area contributed by atoms with Crippen LogP contribution in [0.4, 0.5) is 9.32 Å². The first-order chi connectivity index (χ1) is 5.29. The summed E-state index contributed by atoms with van der Waals surface area (Å²) in [5.74, 6) is 0. The molecule has 0 atom stereocenters. The topological polar surface area (TPSA) is 46.6 Å². The van der Waals surface area contributed by atoms with E-state index < -0.39 is 6.09 Å². The summed E-state index contributed by atoms with van der Waals surface area (Å²) in [5.41, 5.74) is 0. The van der Waals surface area contributed by atoms with Crippen LogP contribution in [0, 0.1) is 0 Å². The standard InChI is InChI=1S/C6H8FNO3/c7-11-6(10)8(4-9)5-2-1-3-5/h4-5H,1-3H2. The fourth-order valence-electron chi connectivity index (χ4n) is 0.983. The Hall–Kier alpha value is -1.13. The number of imide groups is 1. The van der Waals surface area contributed by atoms with Crippen LogP contribution >= 0.6 is 0 Å². The van der Waals surface area contributed by atoms with Crippen LogP contribution in [-0.2, 0) is 9.74 Å². The zero-order valence-electron chi connectivity index (χ0n) is 5.83. The molecule has 0 saturated heterocycles. The maximum absolute atomic E-state index is 11.3. The summed E-state index contributed by atoms with van der Waals surface area (Å²) in [6.45, 7) is 0. The number of carbonyl (C=O) groups is 2. The number of amides is 2. The maximum Gasteiger partial charge on any atom is 0.453 e. The van der Waals surface area contributed by atoms with Gasteiger partial charge in [-0.3, -0.25) is 4.79 Å². The third-order valence-corrected chi connectivity index (χ3v) is 1.86. The van der Waals surface area contributed by atoms with Crippen molar-refractivity contribution in [2.24, 2.45) is 0 Å². The summed E-state index contributed by atoms with van der Waals surface area (Å²) in [6.07, 6.45) is 1.53. The average molecular weight is 161 g/mol. The minimum Gasteiger partial charge on any atom is -0.278 e. The van der Waals surface area contributed by atoms with Crippen molar-refractivity contribution in [3.8, 4) is 0 Å². The molecule has 1 saturated carbocycles. The summed E-state index contributed by atoms with van der Waals surface area (Å²) >= 11 is 0. The van der Waals surface area contributed by atoms with Crippen LogP contribution in [-0.4, -0.2) is 23.4 Å². The minimum absolute atomic E-state index is 0.157.